The SMILES string of the molecule is C[SiH](C)C(C)(C)COCCc1cc(Cl)ccc1Br. The normalized spacial score (nSPS) is 12.2. The Morgan fingerprint density at radius 2 is 2.00 bits per heavy atom. The quantitative estimate of drug-likeness (QED) is 0.523. The Kier molecular flexibility index (Phi) is 6.38. The number of benzene rings is 1. The molecule has 0 aliphatic heterocycles. The molecule has 1 aromatic rings. The first-order valence-electron chi connectivity index (χ1n) is 6.34. The van der Waals surface area contributed by atoms with Gasteiger partial charge in [0.1, 0.15) is 0 Å². The van der Waals surface area contributed by atoms with E-state index in [4.69, 9.17) is 16.3 Å². The minimum absolute atomic E-state index is 0.367. The first-order chi connectivity index (χ1) is 8.33. The highest BCUT2D eigenvalue weighted by molar-refractivity contribution is 9.10. The van der Waals surface area contributed by atoms with Crippen LogP contribution in [0.2, 0.25) is 23.2 Å². The standard InChI is InChI=1S/C14H22BrClOSi/c1-14(2,18(3)4)10-17-8-7-11-9-12(16)5-6-13(11)15/h5-6,9,18H,7-8,10H2,1-4H3. The van der Waals surface area contributed by atoms with E-state index in [9.17, 15) is 0 Å². The fourth-order valence-electron chi connectivity index (χ4n) is 1.42. The van der Waals surface area contributed by atoms with Gasteiger partial charge < -0.3 is 4.74 Å². The van der Waals surface area contributed by atoms with Gasteiger partial charge in [0, 0.05) is 24.9 Å². The van der Waals surface area contributed by atoms with Crippen molar-refractivity contribution < 1.29 is 4.74 Å². The van der Waals surface area contributed by atoms with Crippen molar-refractivity contribution in [2.24, 2.45) is 0 Å². The molecule has 0 fully saturated rings. The van der Waals surface area contributed by atoms with Crippen LogP contribution in [-0.4, -0.2) is 22.0 Å². The van der Waals surface area contributed by atoms with Crippen LogP contribution in [0.5, 0.6) is 0 Å². The van der Waals surface area contributed by atoms with Gasteiger partial charge in [-0.05, 0) is 35.2 Å². The van der Waals surface area contributed by atoms with Crippen LogP contribution in [0.4, 0.5) is 0 Å². The van der Waals surface area contributed by atoms with Crippen LogP contribution in [0.3, 0.4) is 0 Å². The molecule has 0 radical (unpaired) electrons. The number of rotatable bonds is 6. The van der Waals surface area contributed by atoms with E-state index in [1.54, 1.807) is 0 Å². The molecular formula is C14H22BrClOSi. The lowest BCUT2D eigenvalue weighted by Crippen LogP contribution is -2.26. The largest absolute Gasteiger partial charge is 0.381 e. The van der Waals surface area contributed by atoms with Gasteiger partial charge in [0.15, 0.2) is 0 Å². The fraction of sp³-hybridized carbons (Fsp3) is 0.571. The molecule has 0 amide bonds. The number of ether oxygens (including phenoxy) is 1. The summed E-state index contributed by atoms with van der Waals surface area (Å²) in [5.41, 5.74) is 1.21. The Labute approximate surface area is 126 Å². The van der Waals surface area contributed by atoms with Crippen molar-refractivity contribution in [2.45, 2.75) is 38.4 Å². The topological polar surface area (TPSA) is 9.23 Å². The van der Waals surface area contributed by atoms with Gasteiger partial charge in [-0.25, -0.2) is 0 Å². The monoisotopic (exact) mass is 348 g/mol. The van der Waals surface area contributed by atoms with Gasteiger partial charge in [-0.15, -0.1) is 0 Å². The zero-order valence-electron chi connectivity index (χ0n) is 11.6. The molecule has 0 atom stereocenters. The third kappa shape index (κ3) is 5.04. The summed E-state index contributed by atoms with van der Waals surface area (Å²) in [7, 11) is -0.669. The Morgan fingerprint density at radius 1 is 1.33 bits per heavy atom. The van der Waals surface area contributed by atoms with E-state index < -0.39 is 8.80 Å². The van der Waals surface area contributed by atoms with Crippen LogP contribution in [0.25, 0.3) is 0 Å². The minimum atomic E-state index is -0.669. The van der Waals surface area contributed by atoms with Gasteiger partial charge in [0.2, 0.25) is 0 Å². The Bertz CT molecular complexity index is 393. The van der Waals surface area contributed by atoms with Crippen LogP contribution in [0, 0.1) is 0 Å². The maximum absolute atomic E-state index is 5.99. The average molecular weight is 350 g/mol. The van der Waals surface area contributed by atoms with Crippen LogP contribution in [-0.2, 0) is 11.2 Å². The summed E-state index contributed by atoms with van der Waals surface area (Å²) in [5.74, 6) is 0. The second kappa shape index (κ2) is 7.08. The molecule has 0 aliphatic carbocycles. The highest BCUT2D eigenvalue weighted by atomic mass is 79.9. The Balaban J connectivity index is 2.41. The molecular weight excluding hydrogens is 328 g/mol. The maximum atomic E-state index is 5.99. The van der Waals surface area contributed by atoms with E-state index in [0.717, 1.165) is 29.1 Å². The van der Waals surface area contributed by atoms with E-state index in [1.165, 1.54) is 5.56 Å². The third-order valence-corrected chi connectivity index (χ3v) is 7.86. The van der Waals surface area contributed by atoms with Gasteiger partial charge in [-0.1, -0.05) is 54.5 Å². The number of hydrogen-bond acceptors (Lipinski definition) is 1. The molecule has 0 unspecified atom stereocenters. The van der Waals surface area contributed by atoms with E-state index >= 15 is 0 Å². The van der Waals surface area contributed by atoms with Crippen molar-refractivity contribution >= 4 is 36.3 Å². The summed E-state index contributed by atoms with van der Waals surface area (Å²) in [5, 5.41) is 1.15. The van der Waals surface area contributed by atoms with E-state index in [-0.39, 0.29) is 0 Å². The number of halogens is 2. The molecule has 18 heavy (non-hydrogen) atoms. The Hall–Kier alpha value is 0.167. The zero-order chi connectivity index (χ0) is 13.8. The van der Waals surface area contributed by atoms with Crippen molar-refractivity contribution in [2.75, 3.05) is 13.2 Å². The molecule has 0 aliphatic rings. The minimum Gasteiger partial charge on any atom is -0.381 e. The lowest BCUT2D eigenvalue weighted by Gasteiger charge is -2.27. The van der Waals surface area contributed by atoms with Crippen LogP contribution >= 0.6 is 27.5 Å². The molecule has 0 N–H and O–H groups in total. The summed E-state index contributed by atoms with van der Waals surface area (Å²) >= 11 is 9.53. The highest BCUT2D eigenvalue weighted by Crippen LogP contribution is 2.28. The van der Waals surface area contributed by atoms with Gasteiger partial charge in [0.05, 0.1) is 6.61 Å². The lowest BCUT2D eigenvalue weighted by molar-refractivity contribution is 0.116. The first-order valence-corrected chi connectivity index (χ1v) is 10.4. The second-order valence-corrected chi connectivity index (χ2v) is 10.8. The molecule has 0 spiro atoms. The summed E-state index contributed by atoms with van der Waals surface area (Å²) in [4.78, 5) is 0. The molecule has 1 rings (SSSR count). The maximum Gasteiger partial charge on any atom is 0.0506 e. The lowest BCUT2D eigenvalue weighted by atomic mass is 10.1. The van der Waals surface area contributed by atoms with Crippen molar-refractivity contribution in [1.29, 1.82) is 0 Å². The van der Waals surface area contributed by atoms with Crippen LogP contribution in [0.1, 0.15) is 19.4 Å². The van der Waals surface area contributed by atoms with Crippen molar-refractivity contribution in [3.63, 3.8) is 0 Å². The average Bonchev–Trinajstić information content (AvgIpc) is 2.28. The smallest absolute Gasteiger partial charge is 0.0506 e. The predicted molar refractivity (Wildman–Crippen MR) is 86.6 cm³/mol. The van der Waals surface area contributed by atoms with Crippen molar-refractivity contribution in [3.05, 3.63) is 33.3 Å². The molecule has 102 valence electrons. The predicted octanol–water partition coefficient (Wildman–Crippen LogP) is 4.93. The summed E-state index contributed by atoms with van der Waals surface area (Å²) < 4.78 is 6.93. The van der Waals surface area contributed by atoms with Gasteiger partial charge >= 0.3 is 0 Å². The van der Waals surface area contributed by atoms with Gasteiger partial charge in [-0.3, -0.25) is 0 Å². The molecule has 4 heteroatoms. The Morgan fingerprint density at radius 3 is 2.61 bits per heavy atom. The van der Waals surface area contributed by atoms with Gasteiger partial charge in [0.25, 0.3) is 0 Å². The summed E-state index contributed by atoms with van der Waals surface area (Å²) in [6.07, 6.45) is 0.900. The molecule has 0 saturated carbocycles. The van der Waals surface area contributed by atoms with Crippen molar-refractivity contribution in [3.8, 4) is 0 Å². The van der Waals surface area contributed by atoms with Crippen molar-refractivity contribution in [1.82, 2.24) is 0 Å². The van der Waals surface area contributed by atoms with E-state index in [2.05, 4.69) is 42.9 Å². The molecule has 0 saturated heterocycles. The van der Waals surface area contributed by atoms with E-state index in [1.807, 2.05) is 18.2 Å². The third-order valence-electron chi connectivity index (χ3n) is 3.56. The molecule has 0 bridgehead atoms. The molecule has 0 heterocycles. The fourth-order valence-corrected chi connectivity index (χ4v) is 2.51. The van der Waals surface area contributed by atoms with Crippen LogP contribution < -0.4 is 0 Å². The molecule has 0 aromatic heterocycles. The summed E-state index contributed by atoms with van der Waals surface area (Å²) in [6, 6.07) is 5.88. The summed E-state index contributed by atoms with van der Waals surface area (Å²) in [6.45, 7) is 11.0. The molecule has 1 aromatic carbocycles. The highest BCUT2D eigenvalue weighted by Gasteiger charge is 2.23. The van der Waals surface area contributed by atoms with Crippen LogP contribution in [0.15, 0.2) is 22.7 Å². The second-order valence-electron chi connectivity index (χ2n) is 5.68. The zero-order valence-corrected chi connectivity index (χ0v) is 15.1. The van der Waals surface area contributed by atoms with Gasteiger partial charge in [-0.2, -0.15) is 0 Å². The first kappa shape index (κ1) is 16.2. The number of hydrogen-bond donors (Lipinski definition) is 0. The molecule has 1 nitrogen and oxygen atoms in total. The van der Waals surface area contributed by atoms with E-state index in [0.29, 0.717) is 5.04 Å².